The maximum absolute atomic E-state index is 12.4. The van der Waals surface area contributed by atoms with Gasteiger partial charge in [-0.2, -0.15) is 5.10 Å². The highest BCUT2D eigenvalue weighted by atomic mass is 16.2. The SMILES string of the molecule is Cc1[nH]ncc1CCCN1C(=O)CN(Cc2cncn2C)C1=O. The second-order valence-corrected chi connectivity index (χ2v) is 5.80. The predicted molar refractivity (Wildman–Crippen MR) is 82.4 cm³/mol. The van der Waals surface area contributed by atoms with Gasteiger partial charge in [0.1, 0.15) is 6.54 Å². The van der Waals surface area contributed by atoms with Crippen molar-refractivity contribution in [3.63, 3.8) is 0 Å². The van der Waals surface area contributed by atoms with Gasteiger partial charge >= 0.3 is 6.03 Å². The Morgan fingerprint density at radius 3 is 2.78 bits per heavy atom. The number of carbonyl (C=O) groups is 2. The van der Waals surface area contributed by atoms with Gasteiger partial charge in [-0.05, 0) is 25.3 Å². The smallest absolute Gasteiger partial charge is 0.327 e. The third-order valence-corrected chi connectivity index (χ3v) is 4.16. The Balaban J connectivity index is 1.56. The molecule has 0 saturated carbocycles. The van der Waals surface area contributed by atoms with E-state index in [2.05, 4.69) is 15.2 Å². The van der Waals surface area contributed by atoms with Crippen LogP contribution >= 0.6 is 0 Å². The molecule has 1 aliphatic rings. The third-order valence-electron chi connectivity index (χ3n) is 4.16. The molecule has 1 aliphatic heterocycles. The lowest BCUT2D eigenvalue weighted by molar-refractivity contribution is -0.125. The number of aryl methyl sites for hydroxylation is 3. The van der Waals surface area contributed by atoms with Crippen LogP contribution in [-0.4, -0.2) is 54.6 Å². The molecule has 1 N–H and O–H groups in total. The van der Waals surface area contributed by atoms with E-state index in [4.69, 9.17) is 0 Å². The Morgan fingerprint density at radius 1 is 1.30 bits per heavy atom. The summed E-state index contributed by atoms with van der Waals surface area (Å²) in [5.41, 5.74) is 3.06. The number of urea groups is 1. The van der Waals surface area contributed by atoms with Gasteiger partial charge in [-0.25, -0.2) is 9.78 Å². The fraction of sp³-hybridized carbons (Fsp3) is 0.467. The van der Waals surface area contributed by atoms with Crippen LogP contribution in [0.4, 0.5) is 4.79 Å². The molecule has 122 valence electrons. The Bertz CT molecular complexity index is 719. The summed E-state index contributed by atoms with van der Waals surface area (Å²) in [7, 11) is 1.87. The van der Waals surface area contributed by atoms with E-state index in [1.165, 1.54) is 4.90 Å². The maximum atomic E-state index is 12.4. The average molecular weight is 316 g/mol. The minimum absolute atomic E-state index is 0.134. The van der Waals surface area contributed by atoms with E-state index in [1.807, 2.05) is 18.5 Å². The number of H-pyrrole nitrogens is 1. The van der Waals surface area contributed by atoms with Gasteiger partial charge in [0.05, 0.1) is 24.8 Å². The number of rotatable bonds is 6. The van der Waals surface area contributed by atoms with Gasteiger partial charge < -0.3 is 9.47 Å². The van der Waals surface area contributed by atoms with Crippen LogP contribution < -0.4 is 0 Å². The fourth-order valence-corrected chi connectivity index (χ4v) is 2.73. The van der Waals surface area contributed by atoms with Gasteiger partial charge in [0.2, 0.25) is 5.91 Å². The van der Waals surface area contributed by atoms with Crippen molar-refractivity contribution in [1.29, 1.82) is 0 Å². The quantitative estimate of drug-likeness (QED) is 0.800. The second kappa shape index (κ2) is 6.23. The number of aromatic amines is 1. The normalized spacial score (nSPS) is 15.0. The van der Waals surface area contributed by atoms with E-state index in [-0.39, 0.29) is 18.5 Å². The third kappa shape index (κ3) is 3.10. The second-order valence-electron chi connectivity index (χ2n) is 5.80. The molecule has 3 amide bonds. The largest absolute Gasteiger partial charge is 0.336 e. The monoisotopic (exact) mass is 316 g/mol. The van der Waals surface area contributed by atoms with Gasteiger partial charge in [0, 0.05) is 25.5 Å². The van der Waals surface area contributed by atoms with E-state index in [0.717, 1.165) is 29.8 Å². The highest BCUT2D eigenvalue weighted by molar-refractivity contribution is 6.01. The van der Waals surface area contributed by atoms with Crippen LogP contribution in [0.5, 0.6) is 0 Å². The van der Waals surface area contributed by atoms with Gasteiger partial charge in [-0.15, -0.1) is 0 Å². The first-order chi connectivity index (χ1) is 11.1. The predicted octanol–water partition coefficient (Wildman–Crippen LogP) is 0.849. The van der Waals surface area contributed by atoms with Crippen LogP contribution in [0.2, 0.25) is 0 Å². The van der Waals surface area contributed by atoms with Crippen LogP contribution in [-0.2, 0) is 24.8 Å². The van der Waals surface area contributed by atoms with Crippen molar-refractivity contribution in [1.82, 2.24) is 29.5 Å². The molecule has 0 radical (unpaired) electrons. The van der Waals surface area contributed by atoms with Crippen molar-refractivity contribution >= 4 is 11.9 Å². The summed E-state index contributed by atoms with van der Waals surface area (Å²) in [5, 5.41) is 6.86. The van der Waals surface area contributed by atoms with Crippen molar-refractivity contribution < 1.29 is 9.59 Å². The summed E-state index contributed by atoms with van der Waals surface area (Å²) in [6, 6.07) is -0.222. The molecule has 2 aromatic rings. The Morgan fingerprint density at radius 2 is 2.13 bits per heavy atom. The standard InChI is InChI=1S/C15H20N6O2/c1-11-12(6-17-18-11)4-3-5-21-14(22)9-20(15(21)23)8-13-7-16-10-19(13)2/h6-7,10H,3-5,8-9H2,1-2H3,(H,17,18). The Kier molecular flexibility index (Phi) is 4.14. The fourth-order valence-electron chi connectivity index (χ4n) is 2.73. The van der Waals surface area contributed by atoms with E-state index < -0.39 is 0 Å². The molecule has 0 bridgehead atoms. The van der Waals surface area contributed by atoms with E-state index in [9.17, 15) is 9.59 Å². The number of amides is 3. The van der Waals surface area contributed by atoms with Crippen LogP contribution in [0.3, 0.4) is 0 Å². The van der Waals surface area contributed by atoms with Crippen molar-refractivity contribution in [2.24, 2.45) is 7.05 Å². The number of imide groups is 1. The molecule has 1 saturated heterocycles. The highest BCUT2D eigenvalue weighted by Gasteiger charge is 2.35. The summed E-state index contributed by atoms with van der Waals surface area (Å²) in [6.07, 6.45) is 6.71. The lowest BCUT2D eigenvalue weighted by atomic mass is 10.1. The molecular formula is C15H20N6O2. The zero-order chi connectivity index (χ0) is 16.4. The van der Waals surface area contributed by atoms with Gasteiger partial charge in [-0.3, -0.25) is 14.8 Å². The summed E-state index contributed by atoms with van der Waals surface area (Å²) in [5.74, 6) is -0.138. The molecule has 3 rings (SSSR count). The molecule has 0 unspecified atom stereocenters. The van der Waals surface area contributed by atoms with Crippen molar-refractivity contribution in [3.05, 3.63) is 35.7 Å². The van der Waals surface area contributed by atoms with E-state index in [0.29, 0.717) is 13.1 Å². The minimum atomic E-state index is -0.222. The minimum Gasteiger partial charge on any atom is -0.336 e. The van der Waals surface area contributed by atoms with Crippen molar-refractivity contribution in [2.75, 3.05) is 13.1 Å². The number of nitrogens with one attached hydrogen (secondary N) is 1. The molecule has 0 aliphatic carbocycles. The lowest BCUT2D eigenvalue weighted by Gasteiger charge is -2.17. The van der Waals surface area contributed by atoms with Crippen LogP contribution in [0.1, 0.15) is 23.4 Å². The first-order valence-electron chi connectivity index (χ1n) is 7.59. The van der Waals surface area contributed by atoms with Gasteiger partial charge in [0.25, 0.3) is 0 Å². The van der Waals surface area contributed by atoms with Crippen LogP contribution in [0, 0.1) is 6.92 Å². The number of imidazole rings is 1. The first kappa shape index (κ1) is 15.3. The van der Waals surface area contributed by atoms with Crippen LogP contribution in [0.25, 0.3) is 0 Å². The zero-order valence-electron chi connectivity index (χ0n) is 13.3. The molecule has 0 spiro atoms. The number of hydrogen-bond donors (Lipinski definition) is 1. The molecule has 8 heteroatoms. The summed E-state index contributed by atoms with van der Waals surface area (Å²) in [6.45, 7) is 2.93. The molecule has 3 heterocycles. The number of nitrogens with zero attached hydrogens (tertiary/aromatic N) is 5. The lowest BCUT2D eigenvalue weighted by Crippen LogP contribution is -2.34. The summed E-state index contributed by atoms with van der Waals surface area (Å²) >= 11 is 0. The van der Waals surface area contributed by atoms with Crippen LogP contribution in [0.15, 0.2) is 18.7 Å². The molecule has 0 aromatic carbocycles. The molecule has 2 aromatic heterocycles. The highest BCUT2D eigenvalue weighted by Crippen LogP contribution is 2.15. The Hall–Kier alpha value is -2.64. The van der Waals surface area contributed by atoms with Crippen molar-refractivity contribution in [2.45, 2.75) is 26.3 Å². The van der Waals surface area contributed by atoms with Crippen molar-refractivity contribution in [3.8, 4) is 0 Å². The van der Waals surface area contributed by atoms with E-state index in [1.54, 1.807) is 23.6 Å². The number of hydrogen-bond acceptors (Lipinski definition) is 4. The zero-order valence-corrected chi connectivity index (χ0v) is 13.3. The number of carbonyl (C=O) groups excluding carboxylic acids is 2. The molecule has 1 fully saturated rings. The molecule has 8 nitrogen and oxygen atoms in total. The Labute approximate surface area is 134 Å². The first-order valence-corrected chi connectivity index (χ1v) is 7.59. The molecule has 0 atom stereocenters. The number of aromatic nitrogens is 4. The van der Waals surface area contributed by atoms with Gasteiger partial charge in [0.15, 0.2) is 0 Å². The molecular weight excluding hydrogens is 296 g/mol. The average Bonchev–Trinajstić information content (AvgIpc) is 3.17. The van der Waals surface area contributed by atoms with E-state index >= 15 is 0 Å². The topological polar surface area (TPSA) is 87.1 Å². The molecule has 23 heavy (non-hydrogen) atoms. The van der Waals surface area contributed by atoms with Gasteiger partial charge in [-0.1, -0.05) is 0 Å². The maximum Gasteiger partial charge on any atom is 0.327 e. The summed E-state index contributed by atoms with van der Waals surface area (Å²) in [4.78, 5) is 31.4. The summed E-state index contributed by atoms with van der Waals surface area (Å²) < 4.78 is 1.85.